The third-order valence-corrected chi connectivity index (χ3v) is 3.21. The predicted molar refractivity (Wildman–Crippen MR) is 61.5 cm³/mol. The minimum Gasteiger partial charge on any atom is -0.481 e. The quantitative estimate of drug-likeness (QED) is 0.843. The first-order valence-corrected chi connectivity index (χ1v) is 5.45. The molecule has 1 atom stereocenters. The summed E-state index contributed by atoms with van der Waals surface area (Å²) in [6.45, 7) is 3.11. The number of anilines is 1. The molecule has 17 heavy (non-hydrogen) atoms. The van der Waals surface area contributed by atoms with Crippen molar-refractivity contribution < 1.29 is 9.90 Å². The molecule has 0 spiro atoms. The molecule has 1 aliphatic heterocycles. The third-order valence-electron chi connectivity index (χ3n) is 3.21. The van der Waals surface area contributed by atoms with E-state index in [1.165, 1.54) is 0 Å². The molecule has 1 N–H and O–H groups in total. The van der Waals surface area contributed by atoms with Crippen molar-refractivity contribution in [3.8, 4) is 6.07 Å². The zero-order valence-electron chi connectivity index (χ0n) is 9.50. The number of hydrogen-bond acceptors (Lipinski definition) is 4. The lowest BCUT2D eigenvalue weighted by Gasteiger charge is -2.42. The lowest BCUT2D eigenvalue weighted by Crippen LogP contribution is -2.51. The van der Waals surface area contributed by atoms with E-state index in [0.717, 1.165) is 5.82 Å². The maximum Gasteiger partial charge on any atom is 0.306 e. The first kappa shape index (κ1) is 11.4. The van der Waals surface area contributed by atoms with Gasteiger partial charge in [0.15, 0.2) is 0 Å². The normalized spacial score (nSPS) is 17.1. The van der Waals surface area contributed by atoms with E-state index in [0.29, 0.717) is 18.7 Å². The average Bonchev–Trinajstić information content (AvgIpc) is 2.27. The van der Waals surface area contributed by atoms with Gasteiger partial charge in [-0.05, 0) is 12.1 Å². The number of hydrogen-bond donors (Lipinski definition) is 1. The van der Waals surface area contributed by atoms with Crippen molar-refractivity contribution in [1.29, 1.82) is 5.26 Å². The van der Waals surface area contributed by atoms with Gasteiger partial charge in [0, 0.05) is 25.2 Å². The number of aliphatic carboxylic acids is 1. The fourth-order valence-corrected chi connectivity index (χ4v) is 1.88. The van der Waals surface area contributed by atoms with E-state index in [4.69, 9.17) is 10.4 Å². The highest BCUT2D eigenvalue weighted by atomic mass is 16.4. The van der Waals surface area contributed by atoms with Crippen LogP contribution in [0, 0.1) is 23.2 Å². The standard InChI is InChI=1S/C12H13N3O2/c1-8(12(16)17)10-6-15(7-10)11-4-9(5-13)2-3-14-11/h2-4,8,10H,6-7H2,1H3,(H,16,17). The number of carbonyl (C=O) groups is 1. The molecule has 0 amide bonds. The maximum absolute atomic E-state index is 10.8. The lowest BCUT2D eigenvalue weighted by atomic mass is 9.87. The maximum atomic E-state index is 10.8. The number of nitriles is 1. The van der Waals surface area contributed by atoms with Crippen molar-refractivity contribution in [2.45, 2.75) is 6.92 Å². The van der Waals surface area contributed by atoms with Crippen molar-refractivity contribution in [2.75, 3.05) is 18.0 Å². The zero-order chi connectivity index (χ0) is 12.4. The summed E-state index contributed by atoms with van der Waals surface area (Å²) in [5.41, 5.74) is 0.574. The smallest absolute Gasteiger partial charge is 0.306 e. The Bertz CT molecular complexity index is 475. The number of carboxylic acid groups (broad SMARTS) is 1. The molecule has 5 heteroatoms. The van der Waals surface area contributed by atoms with E-state index in [-0.39, 0.29) is 11.8 Å². The average molecular weight is 231 g/mol. The summed E-state index contributed by atoms with van der Waals surface area (Å²) in [6.07, 6.45) is 1.60. The Hall–Kier alpha value is -2.09. The van der Waals surface area contributed by atoms with Gasteiger partial charge >= 0.3 is 5.97 Å². The molecule has 0 aliphatic carbocycles. The summed E-state index contributed by atoms with van der Waals surface area (Å²) in [7, 11) is 0. The monoisotopic (exact) mass is 231 g/mol. The second-order valence-corrected chi connectivity index (χ2v) is 4.31. The Morgan fingerprint density at radius 3 is 3.00 bits per heavy atom. The Balaban J connectivity index is 2.00. The number of carboxylic acids is 1. The van der Waals surface area contributed by atoms with Crippen LogP contribution in [0.5, 0.6) is 0 Å². The predicted octanol–water partition coefficient (Wildman–Crippen LogP) is 1.11. The highest BCUT2D eigenvalue weighted by Gasteiger charge is 2.35. The van der Waals surface area contributed by atoms with Crippen LogP contribution in [-0.4, -0.2) is 29.1 Å². The topological polar surface area (TPSA) is 77.2 Å². The highest BCUT2D eigenvalue weighted by molar-refractivity contribution is 5.70. The molecule has 88 valence electrons. The number of pyridine rings is 1. The van der Waals surface area contributed by atoms with Gasteiger partial charge in [-0.25, -0.2) is 4.98 Å². The van der Waals surface area contributed by atoms with Gasteiger partial charge in [-0.1, -0.05) is 6.92 Å². The minimum atomic E-state index is -0.756. The lowest BCUT2D eigenvalue weighted by molar-refractivity contribution is -0.143. The van der Waals surface area contributed by atoms with Crippen LogP contribution in [-0.2, 0) is 4.79 Å². The summed E-state index contributed by atoms with van der Waals surface area (Å²) in [5, 5.41) is 17.7. The number of nitrogens with zero attached hydrogens (tertiary/aromatic N) is 3. The SMILES string of the molecule is CC(C(=O)O)C1CN(c2cc(C#N)ccn2)C1. The van der Waals surface area contributed by atoms with Crippen LogP contribution in [0.2, 0.25) is 0 Å². The molecule has 1 aromatic heterocycles. The molecule has 5 nitrogen and oxygen atoms in total. The van der Waals surface area contributed by atoms with Crippen molar-refractivity contribution >= 4 is 11.8 Å². The van der Waals surface area contributed by atoms with Crippen LogP contribution in [0.4, 0.5) is 5.82 Å². The van der Waals surface area contributed by atoms with E-state index in [1.807, 2.05) is 4.90 Å². The van der Waals surface area contributed by atoms with Gasteiger partial charge in [-0.3, -0.25) is 4.79 Å². The van der Waals surface area contributed by atoms with Gasteiger partial charge in [-0.2, -0.15) is 5.26 Å². The molecular formula is C12H13N3O2. The molecule has 1 aliphatic rings. The van der Waals surface area contributed by atoms with Gasteiger partial charge in [0.1, 0.15) is 5.82 Å². The van der Waals surface area contributed by atoms with E-state index in [9.17, 15) is 4.79 Å². The molecule has 1 saturated heterocycles. The molecule has 1 aromatic rings. The van der Waals surface area contributed by atoms with E-state index < -0.39 is 5.97 Å². The third kappa shape index (κ3) is 2.21. The van der Waals surface area contributed by atoms with Crippen molar-refractivity contribution in [3.63, 3.8) is 0 Å². The number of rotatable bonds is 3. The van der Waals surface area contributed by atoms with Crippen LogP contribution in [0.1, 0.15) is 12.5 Å². The van der Waals surface area contributed by atoms with Crippen LogP contribution < -0.4 is 4.90 Å². The first-order chi connectivity index (χ1) is 8.11. The number of aromatic nitrogens is 1. The Kier molecular flexibility index (Phi) is 2.96. The Morgan fingerprint density at radius 1 is 1.71 bits per heavy atom. The fourth-order valence-electron chi connectivity index (χ4n) is 1.88. The van der Waals surface area contributed by atoms with E-state index in [2.05, 4.69) is 11.1 Å². The molecule has 0 aromatic carbocycles. The Morgan fingerprint density at radius 2 is 2.41 bits per heavy atom. The van der Waals surface area contributed by atoms with Crippen LogP contribution in [0.15, 0.2) is 18.3 Å². The molecule has 0 radical (unpaired) electrons. The summed E-state index contributed by atoms with van der Waals surface area (Å²) in [5.74, 6) is -0.170. The van der Waals surface area contributed by atoms with Crippen molar-refractivity contribution in [2.24, 2.45) is 11.8 Å². The fraction of sp³-hybridized carbons (Fsp3) is 0.417. The second kappa shape index (κ2) is 4.42. The van der Waals surface area contributed by atoms with Crippen LogP contribution in [0.25, 0.3) is 0 Å². The van der Waals surface area contributed by atoms with Gasteiger partial charge in [0.25, 0.3) is 0 Å². The van der Waals surface area contributed by atoms with E-state index in [1.54, 1.807) is 25.3 Å². The highest BCUT2D eigenvalue weighted by Crippen LogP contribution is 2.28. The van der Waals surface area contributed by atoms with Crippen LogP contribution in [0.3, 0.4) is 0 Å². The van der Waals surface area contributed by atoms with Crippen molar-refractivity contribution in [1.82, 2.24) is 4.98 Å². The van der Waals surface area contributed by atoms with Gasteiger partial charge < -0.3 is 10.0 Å². The molecule has 2 rings (SSSR count). The summed E-state index contributed by atoms with van der Waals surface area (Å²) in [6, 6.07) is 5.44. The molecule has 2 heterocycles. The molecular weight excluding hydrogens is 218 g/mol. The molecule has 0 bridgehead atoms. The molecule has 1 fully saturated rings. The largest absolute Gasteiger partial charge is 0.481 e. The van der Waals surface area contributed by atoms with Gasteiger partial charge in [0.2, 0.25) is 0 Å². The minimum absolute atomic E-state index is 0.167. The Labute approximate surface area is 99.3 Å². The summed E-state index contributed by atoms with van der Waals surface area (Å²) >= 11 is 0. The van der Waals surface area contributed by atoms with Crippen LogP contribution >= 0.6 is 0 Å². The molecule has 0 saturated carbocycles. The van der Waals surface area contributed by atoms with Gasteiger partial charge in [-0.15, -0.1) is 0 Å². The first-order valence-electron chi connectivity index (χ1n) is 5.45. The van der Waals surface area contributed by atoms with Gasteiger partial charge in [0.05, 0.1) is 17.6 Å². The zero-order valence-corrected chi connectivity index (χ0v) is 9.50. The van der Waals surface area contributed by atoms with E-state index >= 15 is 0 Å². The second-order valence-electron chi connectivity index (χ2n) is 4.31. The summed E-state index contributed by atoms with van der Waals surface area (Å²) < 4.78 is 0. The molecule has 1 unspecified atom stereocenters. The van der Waals surface area contributed by atoms with Crippen molar-refractivity contribution in [3.05, 3.63) is 23.9 Å². The summed E-state index contributed by atoms with van der Waals surface area (Å²) in [4.78, 5) is 17.0.